The van der Waals surface area contributed by atoms with Crippen molar-refractivity contribution < 1.29 is 4.79 Å². The van der Waals surface area contributed by atoms with E-state index in [4.69, 9.17) is 0 Å². The van der Waals surface area contributed by atoms with Gasteiger partial charge in [-0.05, 0) is 22.6 Å². The molecule has 3 heterocycles. The molecule has 4 aromatic rings. The van der Waals surface area contributed by atoms with Gasteiger partial charge in [-0.2, -0.15) is 16.4 Å². The van der Waals surface area contributed by atoms with E-state index in [-0.39, 0.29) is 5.91 Å². The number of hydrogen-bond acceptors (Lipinski definition) is 6. The van der Waals surface area contributed by atoms with Crippen LogP contribution < -0.4 is 5.32 Å². The van der Waals surface area contributed by atoms with Crippen LogP contribution in [0, 0.1) is 0 Å². The summed E-state index contributed by atoms with van der Waals surface area (Å²) in [7, 11) is 0. The number of nitrogens with one attached hydrogen (secondary N) is 1. The van der Waals surface area contributed by atoms with Crippen molar-refractivity contribution in [2.45, 2.75) is 13.1 Å². The number of thiazole rings is 1. The summed E-state index contributed by atoms with van der Waals surface area (Å²) in [5.74, 6) is -0.158. The lowest BCUT2D eigenvalue weighted by Crippen LogP contribution is -2.23. The summed E-state index contributed by atoms with van der Waals surface area (Å²) in [4.78, 5) is 20.6. The molecule has 0 saturated carbocycles. The number of rotatable bonds is 6. The molecular formula is C18H15N5OS2. The predicted octanol–water partition coefficient (Wildman–Crippen LogP) is 3.44. The quantitative estimate of drug-likeness (QED) is 0.555. The molecule has 0 unspecified atom stereocenters. The van der Waals surface area contributed by atoms with E-state index in [9.17, 15) is 4.79 Å². The highest BCUT2D eigenvalue weighted by molar-refractivity contribution is 7.14. The molecule has 1 N–H and O–H groups in total. The highest BCUT2D eigenvalue weighted by Crippen LogP contribution is 2.25. The summed E-state index contributed by atoms with van der Waals surface area (Å²) < 4.78 is 1.77. The minimum absolute atomic E-state index is 0.158. The minimum atomic E-state index is -0.158. The Morgan fingerprint density at radius 2 is 1.96 bits per heavy atom. The Kier molecular flexibility index (Phi) is 4.85. The Morgan fingerprint density at radius 1 is 1.12 bits per heavy atom. The van der Waals surface area contributed by atoms with Crippen LogP contribution in [-0.4, -0.2) is 25.7 Å². The van der Waals surface area contributed by atoms with Crippen molar-refractivity contribution in [3.8, 4) is 10.6 Å². The van der Waals surface area contributed by atoms with Crippen LogP contribution in [0.5, 0.6) is 0 Å². The highest BCUT2D eigenvalue weighted by atomic mass is 32.1. The van der Waals surface area contributed by atoms with E-state index in [1.807, 2.05) is 41.1 Å². The van der Waals surface area contributed by atoms with Gasteiger partial charge < -0.3 is 5.32 Å². The molecule has 26 heavy (non-hydrogen) atoms. The Bertz CT molecular complexity index is 975. The average Bonchev–Trinajstić information content (AvgIpc) is 3.42. The fourth-order valence-electron chi connectivity index (χ4n) is 2.43. The maximum Gasteiger partial charge on any atom is 0.271 e. The summed E-state index contributed by atoms with van der Waals surface area (Å²) in [6.45, 7) is 1.14. The summed E-state index contributed by atoms with van der Waals surface area (Å²) in [6.07, 6.45) is 3.21. The maximum absolute atomic E-state index is 12.3. The number of benzene rings is 1. The normalized spacial score (nSPS) is 10.8. The molecule has 3 aromatic heterocycles. The lowest BCUT2D eigenvalue weighted by Gasteiger charge is -2.06. The number of aromatic nitrogens is 4. The molecule has 1 amide bonds. The molecule has 6 nitrogen and oxygen atoms in total. The molecular weight excluding hydrogens is 366 g/mol. The Labute approximate surface area is 158 Å². The molecule has 1 aromatic carbocycles. The van der Waals surface area contributed by atoms with Gasteiger partial charge in [0.25, 0.3) is 5.91 Å². The first-order valence-electron chi connectivity index (χ1n) is 7.94. The third kappa shape index (κ3) is 3.87. The highest BCUT2D eigenvalue weighted by Gasteiger charge is 2.11. The lowest BCUT2D eigenvalue weighted by atomic mass is 10.1. The molecule has 130 valence electrons. The standard InChI is InChI=1S/C18H15N5OS2/c24-17(16-10-26-18(22-16)15-5-6-25-9-15)20-7-13-1-3-14(4-2-13)8-23-12-19-11-21-23/h1-6,9-12H,7-8H2,(H,20,24). The summed E-state index contributed by atoms with van der Waals surface area (Å²) in [5.41, 5.74) is 3.68. The Morgan fingerprint density at radius 3 is 2.69 bits per heavy atom. The zero-order valence-corrected chi connectivity index (χ0v) is 15.3. The minimum Gasteiger partial charge on any atom is -0.347 e. The van der Waals surface area contributed by atoms with Crippen molar-refractivity contribution >= 4 is 28.6 Å². The summed E-state index contributed by atoms with van der Waals surface area (Å²) >= 11 is 3.10. The second-order valence-corrected chi connectivity index (χ2v) is 7.28. The van der Waals surface area contributed by atoms with E-state index in [2.05, 4.69) is 20.4 Å². The van der Waals surface area contributed by atoms with Crippen LogP contribution in [0.4, 0.5) is 0 Å². The fraction of sp³-hybridized carbons (Fsp3) is 0.111. The van der Waals surface area contributed by atoms with E-state index in [0.29, 0.717) is 18.8 Å². The monoisotopic (exact) mass is 381 g/mol. The van der Waals surface area contributed by atoms with Gasteiger partial charge in [-0.25, -0.2) is 14.6 Å². The van der Waals surface area contributed by atoms with E-state index in [1.54, 1.807) is 27.7 Å². The van der Waals surface area contributed by atoms with Crippen LogP contribution in [-0.2, 0) is 13.1 Å². The topological polar surface area (TPSA) is 72.7 Å². The van der Waals surface area contributed by atoms with Crippen LogP contribution in [0.3, 0.4) is 0 Å². The van der Waals surface area contributed by atoms with Crippen molar-refractivity contribution in [2.75, 3.05) is 0 Å². The van der Waals surface area contributed by atoms with Gasteiger partial charge >= 0.3 is 0 Å². The number of thiophene rings is 1. The van der Waals surface area contributed by atoms with Crippen molar-refractivity contribution in [3.63, 3.8) is 0 Å². The van der Waals surface area contributed by atoms with Crippen molar-refractivity contribution in [3.05, 3.63) is 75.9 Å². The van der Waals surface area contributed by atoms with E-state index < -0.39 is 0 Å². The molecule has 0 fully saturated rings. The van der Waals surface area contributed by atoms with Crippen LogP contribution in [0.2, 0.25) is 0 Å². The van der Waals surface area contributed by atoms with E-state index in [0.717, 1.165) is 21.7 Å². The predicted molar refractivity (Wildman–Crippen MR) is 102 cm³/mol. The summed E-state index contributed by atoms with van der Waals surface area (Å²) in [5, 5.41) is 13.7. The molecule has 0 saturated heterocycles. The Hall–Kier alpha value is -2.84. The van der Waals surface area contributed by atoms with Gasteiger partial charge in [-0.1, -0.05) is 24.3 Å². The van der Waals surface area contributed by atoms with Crippen molar-refractivity contribution in [2.24, 2.45) is 0 Å². The van der Waals surface area contributed by atoms with Gasteiger partial charge in [-0.15, -0.1) is 11.3 Å². The van der Waals surface area contributed by atoms with Crippen molar-refractivity contribution in [1.29, 1.82) is 0 Å². The number of carbonyl (C=O) groups is 1. The van der Waals surface area contributed by atoms with Crippen LogP contribution in [0.1, 0.15) is 21.6 Å². The third-order valence-electron chi connectivity index (χ3n) is 3.79. The van der Waals surface area contributed by atoms with Gasteiger partial charge in [0, 0.05) is 22.9 Å². The molecule has 0 spiro atoms. The number of amides is 1. The van der Waals surface area contributed by atoms with Gasteiger partial charge in [0.05, 0.1) is 6.54 Å². The first kappa shape index (κ1) is 16.6. The van der Waals surface area contributed by atoms with E-state index in [1.165, 1.54) is 17.7 Å². The van der Waals surface area contributed by atoms with Gasteiger partial charge in [0.2, 0.25) is 0 Å². The molecule has 0 radical (unpaired) electrons. The van der Waals surface area contributed by atoms with Gasteiger partial charge in [0.1, 0.15) is 23.4 Å². The number of carbonyl (C=O) groups excluding carboxylic acids is 1. The van der Waals surface area contributed by atoms with Crippen LogP contribution in [0.25, 0.3) is 10.6 Å². The zero-order valence-electron chi connectivity index (χ0n) is 13.7. The third-order valence-corrected chi connectivity index (χ3v) is 5.37. The molecule has 0 aliphatic rings. The second-order valence-electron chi connectivity index (χ2n) is 5.64. The number of nitrogens with zero attached hydrogens (tertiary/aromatic N) is 4. The number of hydrogen-bond donors (Lipinski definition) is 1. The van der Waals surface area contributed by atoms with Crippen molar-refractivity contribution in [1.82, 2.24) is 25.1 Å². The fourth-order valence-corrected chi connectivity index (χ4v) is 3.95. The van der Waals surface area contributed by atoms with Gasteiger partial charge in [-0.3, -0.25) is 4.79 Å². The first-order chi connectivity index (χ1) is 12.8. The average molecular weight is 381 g/mol. The van der Waals surface area contributed by atoms with Crippen LogP contribution >= 0.6 is 22.7 Å². The molecule has 0 atom stereocenters. The maximum atomic E-state index is 12.3. The van der Waals surface area contributed by atoms with E-state index >= 15 is 0 Å². The van der Waals surface area contributed by atoms with Gasteiger partial charge in [0.15, 0.2) is 0 Å². The molecule has 0 bridgehead atoms. The van der Waals surface area contributed by atoms with Crippen LogP contribution in [0.15, 0.2) is 59.1 Å². The molecule has 8 heteroatoms. The largest absolute Gasteiger partial charge is 0.347 e. The zero-order chi connectivity index (χ0) is 17.8. The lowest BCUT2D eigenvalue weighted by molar-refractivity contribution is 0.0946. The SMILES string of the molecule is O=C(NCc1ccc(Cn2cncn2)cc1)c1csc(-c2ccsc2)n1. The Balaban J connectivity index is 1.34. The second kappa shape index (κ2) is 7.59. The molecule has 4 rings (SSSR count). The smallest absolute Gasteiger partial charge is 0.271 e. The molecule has 0 aliphatic carbocycles. The molecule has 0 aliphatic heterocycles. The summed E-state index contributed by atoms with van der Waals surface area (Å²) in [6, 6.07) is 10.1. The first-order valence-corrected chi connectivity index (χ1v) is 9.77.